The Bertz CT molecular complexity index is 546. The van der Waals surface area contributed by atoms with Gasteiger partial charge in [-0.05, 0) is 30.0 Å². The normalized spacial score (nSPS) is 12.4. The summed E-state index contributed by atoms with van der Waals surface area (Å²) in [7, 11) is 0. The minimum atomic E-state index is -0.470. The Balaban J connectivity index is 1.99. The molecular weight excluding hydrogens is 252 g/mol. The van der Waals surface area contributed by atoms with Crippen LogP contribution in [0, 0.1) is 5.92 Å². The second-order valence-electron chi connectivity index (χ2n) is 5.27. The first-order chi connectivity index (χ1) is 9.56. The van der Waals surface area contributed by atoms with E-state index in [2.05, 4.69) is 15.3 Å². The van der Waals surface area contributed by atoms with Crippen molar-refractivity contribution < 1.29 is 4.79 Å². The van der Waals surface area contributed by atoms with E-state index in [4.69, 9.17) is 5.73 Å². The lowest BCUT2D eigenvalue weighted by Crippen LogP contribution is -2.36. The average Bonchev–Trinajstić information content (AvgIpc) is 2.92. The first kappa shape index (κ1) is 14.3. The number of nitrogens with zero attached hydrogens (tertiary/aromatic N) is 1. The standard InChI is InChI=1S/C15H20N4O/c1-10(2)7-13(16)15(20)19-12-5-3-11(4-6-12)14-8-17-9-18-14/h3-6,8-10,13H,7,16H2,1-2H3,(H,17,18)(H,19,20)/t13-/m0/s1. The largest absolute Gasteiger partial charge is 0.345 e. The van der Waals surface area contributed by atoms with Gasteiger partial charge in [0.2, 0.25) is 5.91 Å². The summed E-state index contributed by atoms with van der Waals surface area (Å²) in [6, 6.07) is 7.10. The fraction of sp³-hybridized carbons (Fsp3) is 0.333. The van der Waals surface area contributed by atoms with E-state index in [0.29, 0.717) is 12.3 Å². The van der Waals surface area contributed by atoms with E-state index in [0.717, 1.165) is 16.9 Å². The number of carbonyl (C=O) groups is 1. The maximum Gasteiger partial charge on any atom is 0.241 e. The topological polar surface area (TPSA) is 83.8 Å². The van der Waals surface area contributed by atoms with Gasteiger partial charge < -0.3 is 16.0 Å². The summed E-state index contributed by atoms with van der Waals surface area (Å²) in [5.74, 6) is 0.256. The molecule has 4 N–H and O–H groups in total. The van der Waals surface area contributed by atoms with Crippen molar-refractivity contribution in [2.24, 2.45) is 11.7 Å². The molecule has 0 aliphatic heterocycles. The molecule has 106 valence electrons. The third-order valence-electron chi connectivity index (χ3n) is 3.02. The van der Waals surface area contributed by atoms with Crippen molar-refractivity contribution in [1.82, 2.24) is 9.97 Å². The van der Waals surface area contributed by atoms with Gasteiger partial charge in [-0.1, -0.05) is 26.0 Å². The van der Waals surface area contributed by atoms with Crippen LogP contribution in [0.1, 0.15) is 20.3 Å². The molecule has 0 bridgehead atoms. The third-order valence-corrected chi connectivity index (χ3v) is 3.02. The Kier molecular flexibility index (Phi) is 4.53. The van der Waals surface area contributed by atoms with Crippen LogP contribution in [0.2, 0.25) is 0 Å². The fourth-order valence-corrected chi connectivity index (χ4v) is 2.00. The number of rotatable bonds is 5. The number of aromatic nitrogens is 2. The number of hydrogen-bond acceptors (Lipinski definition) is 3. The van der Waals surface area contributed by atoms with Gasteiger partial charge in [0.05, 0.1) is 24.3 Å². The van der Waals surface area contributed by atoms with E-state index in [1.165, 1.54) is 0 Å². The van der Waals surface area contributed by atoms with Crippen LogP contribution < -0.4 is 11.1 Å². The maximum absolute atomic E-state index is 11.9. The van der Waals surface area contributed by atoms with Crippen molar-refractivity contribution in [1.29, 1.82) is 0 Å². The summed E-state index contributed by atoms with van der Waals surface area (Å²) in [5.41, 5.74) is 8.56. The van der Waals surface area contributed by atoms with Gasteiger partial charge in [0.25, 0.3) is 0 Å². The van der Waals surface area contributed by atoms with Crippen molar-refractivity contribution in [3.05, 3.63) is 36.8 Å². The lowest BCUT2D eigenvalue weighted by atomic mass is 10.0. The highest BCUT2D eigenvalue weighted by Crippen LogP contribution is 2.19. The number of anilines is 1. The van der Waals surface area contributed by atoms with Gasteiger partial charge in [0, 0.05) is 5.69 Å². The Labute approximate surface area is 118 Å². The Morgan fingerprint density at radius 1 is 1.35 bits per heavy atom. The lowest BCUT2D eigenvalue weighted by Gasteiger charge is -2.14. The molecule has 0 saturated carbocycles. The smallest absolute Gasteiger partial charge is 0.241 e. The first-order valence-electron chi connectivity index (χ1n) is 6.71. The number of benzene rings is 1. The minimum absolute atomic E-state index is 0.145. The van der Waals surface area contributed by atoms with Crippen LogP contribution >= 0.6 is 0 Å². The van der Waals surface area contributed by atoms with Gasteiger partial charge in [-0.3, -0.25) is 4.79 Å². The molecule has 0 aliphatic carbocycles. The highest BCUT2D eigenvalue weighted by molar-refractivity contribution is 5.94. The van der Waals surface area contributed by atoms with E-state index in [-0.39, 0.29) is 5.91 Å². The Morgan fingerprint density at radius 2 is 2.05 bits per heavy atom. The van der Waals surface area contributed by atoms with E-state index in [1.807, 2.05) is 38.1 Å². The molecule has 1 heterocycles. The van der Waals surface area contributed by atoms with Crippen LogP contribution in [0.3, 0.4) is 0 Å². The van der Waals surface area contributed by atoms with Crippen LogP contribution in [0.15, 0.2) is 36.8 Å². The number of hydrogen-bond donors (Lipinski definition) is 3. The van der Waals surface area contributed by atoms with Crippen molar-refractivity contribution in [3.8, 4) is 11.3 Å². The predicted octanol–water partition coefficient (Wildman–Crippen LogP) is 2.39. The molecule has 2 aromatic rings. The van der Waals surface area contributed by atoms with Crippen LogP contribution in [-0.4, -0.2) is 21.9 Å². The molecule has 0 spiro atoms. The zero-order valence-corrected chi connectivity index (χ0v) is 11.8. The van der Waals surface area contributed by atoms with Crippen molar-refractivity contribution in [2.75, 3.05) is 5.32 Å². The summed E-state index contributed by atoms with van der Waals surface area (Å²) >= 11 is 0. The van der Waals surface area contributed by atoms with E-state index >= 15 is 0 Å². The number of carbonyl (C=O) groups excluding carboxylic acids is 1. The number of nitrogens with one attached hydrogen (secondary N) is 2. The molecule has 5 nitrogen and oxygen atoms in total. The second-order valence-corrected chi connectivity index (χ2v) is 5.27. The Morgan fingerprint density at radius 3 is 2.60 bits per heavy atom. The zero-order valence-electron chi connectivity index (χ0n) is 11.8. The van der Waals surface area contributed by atoms with Crippen LogP contribution in [0.4, 0.5) is 5.69 Å². The molecule has 1 amide bonds. The average molecular weight is 272 g/mol. The summed E-state index contributed by atoms with van der Waals surface area (Å²) in [4.78, 5) is 18.9. The molecule has 0 unspecified atom stereocenters. The van der Waals surface area contributed by atoms with Crippen LogP contribution in [-0.2, 0) is 4.79 Å². The number of aromatic amines is 1. The number of nitrogens with two attached hydrogens (primary N) is 1. The summed E-state index contributed by atoms with van der Waals surface area (Å²) in [6.45, 7) is 4.10. The number of H-pyrrole nitrogens is 1. The molecule has 0 fully saturated rings. The van der Waals surface area contributed by atoms with Crippen molar-refractivity contribution >= 4 is 11.6 Å². The fourth-order valence-electron chi connectivity index (χ4n) is 2.00. The molecule has 0 aliphatic rings. The molecule has 1 aromatic carbocycles. The third kappa shape index (κ3) is 3.68. The van der Waals surface area contributed by atoms with Gasteiger partial charge in [0.15, 0.2) is 0 Å². The summed E-state index contributed by atoms with van der Waals surface area (Å²) in [6.07, 6.45) is 4.07. The molecule has 0 radical (unpaired) electrons. The van der Waals surface area contributed by atoms with Gasteiger partial charge >= 0.3 is 0 Å². The van der Waals surface area contributed by atoms with E-state index in [9.17, 15) is 4.79 Å². The quantitative estimate of drug-likeness (QED) is 0.781. The lowest BCUT2D eigenvalue weighted by molar-refractivity contribution is -0.117. The van der Waals surface area contributed by atoms with Crippen molar-refractivity contribution in [2.45, 2.75) is 26.3 Å². The molecule has 20 heavy (non-hydrogen) atoms. The molecule has 0 saturated heterocycles. The Hall–Kier alpha value is -2.14. The predicted molar refractivity (Wildman–Crippen MR) is 80.1 cm³/mol. The van der Waals surface area contributed by atoms with E-state index < -0.39 is 6.04 Å². The molecular formula is C15H20N4O. The summed E-state index contributed by atoms with van der Waals surface area (Å²) in [5, 5.41) is 2.83. The second kappa shape index (κ2) is 6.34. The zero-order chi connectivity index (χ0) is 14.5. The van der Waals surface area contributed by atoms with Crippen LogP contribution in [0.25, 0.3) is 11.3 Å². The molecule has 5 heteroatoms. The first-order valence-corrected chi connectivity index (χ1v) is 6.71. The van der Waals surface area contributed by atoms with Gasteiger partial charge in [-0.15, -0.1) is 0 Å². The van der Waals surface area contributed by atoms with Gasteiger partial charge in [0.1, 0.15) is 0 Å². The van der Waals surface area contributed by atoms with Crippen LogP contribution in [0.5, 0.6) is 0 Å². The van der Waals surface area contributed by atoms with E-state index in [1.54, 1.807) is 12.5 Å². The number of imidazole rings is 1. The van der Waals surface area contributed by atoms with Crippen molar-refractivity contribution in [3.63, 3.8) is 0 Å². The highest BCUT2D eigenvalue weighted by Gasteiger charge is 2.14. The maximum atomic E-state index is 11.9. The van der Waals surface area contributed by atoms with Gasteiger partial charge in [-0.25, -0.2) is 4.98 Å². The monoisotopic (exact) mass is 272 g/mol. The number of amides is 1. The molecule has 2 rings (SSSR count). The van der Waals surface area contributed by atoms with Gasteiger partial charge in [-0.2, -0.15) is 0 Å². The SMILES string of the molecule is CC(C)C[C@H](N)C(=O)Nc1ccc(-c2cnc[nH]2)cc1. The summed E-state index contributed by atoms with van der Waals surface area (Å²) < 4.78 is 0. The highest BCUT2D eigenvalue weighted by atomic mass is 16.2. The molecule has 1 aromatic heterocycles. The minimum Gasteiger partial charge on any atom is -0.345 e. The molecule has 1 atom stereocenters.